The largest absolute Gasteiger partial charge is 0.389 e. The van der Waals surface area contributed by atoms with Gasteiger partial charge in [-0.1, -0.05) is 13.8 Å². The summed E-state index contributed by atoms with van der Waals surface area (Å²) in [6, 6.07) is 2.80. The minimum atomic E-state index is -0.769. The predicted molar refractivity (Wildman–Crippen MR) is 76.7 cm³/mol. The number of aliphatic hydroxyl groups is 2. The second-order valence-corrected chi connectivity index (χ2v) is 5.96. The minimum Gasteiger partial charge on any atom is -0.389 e. The van der Waals surface area contributed by atoms with Crippen molar-refractivity contribution in [1.82, 2.24) is 9.88 Å². The molecule has 0 radical (unpaired) electrons. The van der Waals surface area contributed by atoms with Crippen LogP contribution in [0.1, 0.15) is 39.5 Å². The number of rotatable bonds is 7. The molecule has 4 nitrogen and oxygen atoms in total. The molecule has 2 N–H and O–H groups in total. The number of aromatic nitrogens is 1. The minimum absolute atomic E-state index is 0.0599. The number of likely N-dealkylation sites (N-methyl/N-ethyl adjacent to an activating group) is 1. The van der Waals surface area contributed by atoms with Crippen molar-refractivity contribution in [3.8, 4) is 0 Å². The summed E-state index contributed by atoms with van der Waals surface area (Å²) in [5, 5.41) is 20.1. The second kappa shape index (κ2) is 7.11. The van der Waals surface area contributed by atoms with Crippen LogP contribution in [0.2, 0.25) is 0 Å². The number of nitrogens with zero attached hydrogens (tertiary/aromatic N) is 2. The fourth-order valence-electron chi connectivity index (χ4n) is 2.21. The summed E-state index contributed by atoms with van der Waals surface area (Å²) in [7, 11) is 0. The number of pyridine rings is 1. The zero-order valence-corrected chi connectivity index (χ0v) is 12.7. The maximum Gasteiger partial charge on any atom is 0.141 e. The van der Waals surface area contributed by atoms with Gasteiger partial charge in [0.25, 0.3) is 0 Å². The fourth-order valence-corrected chi connectivity index (χ4v) is 2.21. The zero-order chi connectivity index (χ0) is 15.3. The van der Waals surface area contributed by atoms with E-state index in [-0.39, 0.29) is 5.92 Å². The van der Waals surface area contributed by atoms with Crippen molar-refractivity contribution in [2.75, 3.05) is 19.6 Å². The molecule has 5 heteroatoms. The van der Waals surface area contributed by atoms with Crippen molar-refractivity contribution < 1.29 is 14.6 Å². The third kappa shape index (κ3) is 5.53. The average molecular weight is 284 g/mol. The van der Waals surface area contributed by atoms with Crippen LogP contribution in [0.4, 0.5) is 4.39 Å². The van der Waals surface area contributed by atoms with Crippen LogP contribution >= 0.6 is 0 Å². The maximum absolute atomic E-state index is 12.8. The monoisotopic (exact) mass is 284 g/mol. The summed E-state index contributed by atoms with van der Waals surface area (Å²) in [5.74, 6) is -0.471. The van der Waals surface area contributed by atoms with Gasteiger partial charge in [0.1, 0.15) is 5.82 Å². The second-order valence-electron chi connectivity index (χ2n) is 5.96. The quantitative estimate of drug-likeness (QED) is 0.804. The molecule has 0 aliphatic heterocycles. The number of hydrogen-bond donors (Lipinski definition) is 2. The Hall–Kier alpha value is -1.04. The first-order valence-electron chi connectivity index (χ1n) is 6.97. The van der Waals surface area contributed by atoms with Crippen LogP contribution in [-0.4, -0.2) is 45.3 Å². The summed E-state index contributed by atoms with van der Waals surface area (Å²) < 4.78 is 12.8. The van der Waals surface area contributed by atoms with Gasteiger partial charge < -0.3 is 15.1 Å². The van der Waals surface area contributed by atoms with Crippen molar-refractivity contribution in [3.05, 3.63) is 29.8 Å². The predicted octanol–water partition coefficient (Wildman–Crippen LogP) is 1.98. The van der Waals surface area contributed by atoms with Crippen molar-refractivity contribution in [1.29, 1.82) is 0 Å². The van der Waals surface area contributed by atoms with E-state index in [4.69, 9.17) is 0 Å². The summed E-state index contributed by atoms with van der Waals surface area (Å²) >= 11 is 0. The van der Waals surface area contributed by atoms with E-state index >= 15 is 0 Å². The van der Waals surface area contributed by atoms with Gasteiger partial charge in [-0.3, -0.25) is 4.98 Å². The Kier molecular flexibility index (Phi) is 6.05. The lowest BCUT2D eigenvalue weighted by molar-refractivity contribution is 0.0197. The van der Waals surface area contributed by atoms with E-state index in [1.54, 1.807) is 13.8 Å². The molecule has 0 aliphatic rings. The molecule has 1 aromatic heterocycles. The first-order valence-corrected chi connectivity index (χ1v) is 6.97. The number of hydrogen-bond acceptors (Lipinski definition) is 4. The van der Waals surface area contributed by atoms with Crippen LogP contribution in [0.5, 0.6) is 0 Å². The Balaban J connectivity index is 2.64. The highest BCUT2D eigenvalue weighted by molar-refractivity contribution is 5.08. The molecule has 0 bridgehead atoms. The maximum atomic E-state index is 12.8. The molecule has 0 fully saturated rings. The summed E-state index contributed by atoms with van der Waals surface area (Å²) in [4.78, 5) is 5.99. The van der Waals surface area contributed by atoms with Gasteiger partial charge >= 0.3 is 0 Å². The van der Waals surface area contributed by atoms with Gasteiger partial charge in [0.05, 0.1) is 23.6 Å². The van der Waals surface area contributed by atoms with Gasteiger partial charge in [-0.15, -0.1) is 0 Å². The summed E-state index contributed by atoms with van der Waals surface area (Å²) in [6.07, 6.45) is 0.367. The topological polar surface area (TPSA) is 56.6 Å². The lowest BCUT2D eigenvalue weighted by atomic mass is 9.99. The molecule has 2 unspecified atom stereocenters. The van der Waals surface area contributed by atoms with Crippen molar-refractivity contribution >= 4 is 0 Å². The Labute approximate surface area is 120 Å². The van der Waals surface area contributed by atoms with Gasteiger partial charge in [-0.25, -0.2) is 4.39 Å². The molecule has 1 heterocycles. The number of aliphatic hydroxyl groups excluding tert-OH is 1. The average Bonchev–Trinajstić information content (AvgIpc) is 2.36. The van der Waals surface area contributed by atoms with Gasteiger partial charge in [-0.2, -0.15) is 0 Å². The third-order valence-electron chi connectivity index (χ3n) is 3.20. The highest BCUT2D eigenvalue weighted by atomic mass is 19.1. The standard InChI is InChI=1S/C15H25FN2O2/c1-5-18(10-15(3,4)20)9-11(2)14(19)13-7-6-12(16)8-17-13/h6-8,11,14,19-20H,5,9-10H2,1-4H3. The molecule has 114 valence electrons. The normalized spacial score (nSPS) is 15.4. The molecular formula is C15H25FN2O2. The van der Waals surface area contributed by atoms with E-state index in [1.807, 2.05) is 13.8 Å². The van der Waals surface area contributed by atoms with Crippen molar-refractivity contribution in [2.24, 2.45) is 5.92 Å². The van der Waals surface area contributed by atoms with E-state index in [2.05, 4.69) is 9.88 Å². The van der Waals surface area contributed by atoms with E-state index in [9.17, 15) is 14.6 Å². The molecule has 0 amide bonds. The smallest absolute Gasteiger partial charge is 0.141 e. The molecule has 2 atom stereocenters. The molecule has 0 aliphatic carbocycles. The lowest BCUT2D eigenvalue weighted by Gasteiger charge is -2.31. The molecule has 0 saturated carbocycles. The lowest BCUT2D eigenvalue weighted by Crippen LogP contribution is -2.41. The van der Waals surface area contributed by atoms with E-state index in [0.29, 0.717) is 18.8 Å². The van der Waals surface area contributed by atoms with E-state index < -0.39 is 17.5 Å². The van der Waals surface area contributed by atoms with Crippen LogP contribution in [0.3, 0.4) is 0 Å². The first kappa shape index (κ1) is 17.0. The van der Waals surface area contributed by atoms with Crippen molar-refractivity contribution in [3.63, 3.8) is 0 Å². The highest BCUT2D eigenvalue weighted by Gasteiger charge is 2.23. The van der Waals surface area contributed by atoms with Gasteiger partial charge in [0.15, 0.2) is 0 Å². The van der Waals surface area contributed by atoms with Crippen molar-refractivity contribution in [2.45, 2.75) is 39.4 Å². The molecule has 0 saturated heterocycles. The third-order valence-corrected chi connectivity index (χ3v) is 3.20. The van der Waals surface area contributed by atoms with Crippen LogP contribution in [0.25, 0.3) is 0 Å². The van der Waals surface area contributed by atoms with Gasteiger partial charge in [0, 0.05) is 19.0 Å². The molecule has 0 spiro atoms. The Morgan fingerprint density at radius 3 is 2.50 bits per heavy atom. The molecular weight excluding hydrogens is 259 g/mol. The van der Waals surface area contributed by atoms with E-state index in [1.165, 1.54) is 12.1 Å². The SMILES string of the molecule is CCN(CC(C)C(O)c1ccc(F)cn1)CC(C)(C)O. The zero-order valence-electron chi connectivity index (χ0n) is 12.7. The van der Waals surface area contributed by atoms with Gasteiger partial charge in [-0.05, 0) is 32.5 Å². The van der Waals surface area contributed by atoms with Gasteiger partial charge in [0.2, 0.25) is 0 Å². The highest BCUT2D eigenvalue weighted by Crippen LogP contribution is 2.21. The number of halogens is 1. The van der Waals surface area contributed by atoms with Crippen LogP contribution in [0, 0.1) is 11.7 Å². The van der Waals surface area contributed by atoms with Crippen LogP contribution < -0.4 is 0 Å². The Morgan fingerprint density at radius 1 is 1.40 bits per heavy atom. The summed E-state index contributed by atoms with van der Waals surface area (Å²) in [6.45, 7) is 9.43. The summed E-state index contributed by atoms with van der Waals surface area (Å²) in [5.41, 5.74) is -0.298. The van der Waals surface area contributed by atoms with Crippen LogP contribution in [-0.2, 0) is 0 Å². The Bertz CT molecular complexity index is 403. The molecule has 1 aromatic rings. The van der Waals surface area contributed by atoms with E-state index in [0.717, 1.165) is 12.7 Å². The molecule has 20 heavy (non-hydrogen) atoms. The fraction of sp³-hybridized carbons (Fsp3) is 0.667. The molecule has 1 rings (SSSR count). The van der Waals surface area contributed by atoms with Crippen LogP contribution in [0.15, 0.2) is 18.3 Å². The Morgan fingerprint density at radius 2 is 2.05 bits per heavy atom. The first-order chi connectivity index (χ1) is 9.23. The molecule has 0 aromatic carbocycles.